The largest absolute Gasteiger partial charge is 0.508 e. The van der Waals surface area contributed by atoms with E-state index in [0.717, 1.165) is 6.08 Å². The number of nitro groups is 1. The van der Waals surface area contributed by atoms with Crippen molar-refractivity contribution in [2.45, 2.75) is 0 Å². The van der Waals surface area contributed by atoms with Gasteiger partial charge in [0, 0.05) is 11.8 Å². The maximum absolute atomic E-state index is 12.1. The number of phenolic OH excluding ortho intramolecular Hbond substituents is 1. The maximum Gasteiger partial charge on any atom is 0.276 e. The van der Waals surface area contributed by atoms with Crippen LogP contribution in [0.3, 0.4) is 0 Å². The number of hydrogen-bond donors (Lipinski definition) is 2. The van der Waals surface area contributed by atoms with Gasteiger partial charge in [0.2, 0.25) is 0 Å². The molecule has 7 heteroatoms. The van der Waals surface area contributed by atoms with Crippen LogP contribution in [0.5, 0.6) is 5.75 Å². The third-order valence-corrected chi connectivity index (χ3v) is 2.92. The second-order valence-corrected chi connectivity index (χ2v) is 4.49. The third kappa shape index (κ3) is 3.92. The van der Waals surface area contributed by atoms with E-state index in [9.17, 15) is 20.0 Å². The molecule has 2 N–H and O–H groups in total. The molecular formula is C16H11N3O4. The van der Waals surface area contributed by atoms with Crippen LogP contribution in [-0.4, -0.2) is 15.9 Å². The Morgan fingerprint density at radius 2 is 1.87 bits per heavy atom. The van der Waals surface area contributed by atoms with Gasteiger partial charge in [-0.3, -0.25) is 14.9 Å². The van der Waals surface area contributed by atoms with Crippen molar-refractivity contribution in [1.29, 1.82) is 5.26 Å². The average Bonchev–Trinajstić information content (AvgIpc) is 2.54. The molecular weight excluding hydrogens is 298 g/mol. The summed E-state index contributed by atoms with van der Waals surface area (Å²) in [5.74, 6) is -0.657. The Hall–Kier alpha value is -3.66. The number of nitro benzene ring substituents is 1. The Kier molecular flexibility index (Phi) is 4.69. The number of hydrogen-bond acceptors (Lipinski definition) is 5. The Morgan fingerprint density at radius 1 is 1.22 bits per heavy atom. The molecule has 0 aliphatic heterocycles. The highest BCUT2D eigenvalue weighted by molar-refractivity contribution is 6.09. The number of amides is 1. The van der Waals surface area contributed by atoms with E-state index in [1.165, 1.54) is 42.5 Å². The molecule has 2 rings (SSSR count). The summed E-state index contributed by atoms with van der Waals surface area (Å²) in [6.07, 6.45) is 1.16. The van der Waals surface area contributed by atoms with Crippen molar-refractivity contribution in [3.63, 3.8) is 0 Å². The first kappa shape index (κ1) is 15.7. The van der Waals surface area contributed by atoms with Crippen LogP contribution in [-0.2, 0) is 4.79 Å². The molecule has 0 atom stereocenters. The predicted octanol–water partition coefficient (Wildman–Crippen LogP) is 2.85. The minimum absolute atomic E-state index is 0.0407. The molecule has 114 valence electrons. The summed E-state index contributed by atoms with van der Waals surface area (Å²) in [5, 5.41) is 31.7. The summed E-state index contributed by atoms with van der Waals surface area (Å²) >= 11 is 0. The summed E-state index contributed by atoms with van der Waals surface area (Å²) in [5.41, 5.74) is 0.0801. The van der Waals surface area contributed by atoms with Crippen molar-refractivity contribution >= 4 is 23.4 Å². The van der Waals surface area contributed by atoms with Crippen LogP contribution in [0.1, 0.15) is 5.56 Å². The zero-order chi connectivity index (χ0) is 16.8. The molecule has 2 aromatic rings. The summed E-state index contributed by atoms with van der Waals surface area (Å²) < 4.78 is 0. The molecule has 0 heterocycles. The molecule has 0 saturated carbocycles. The molecule has 0 unspecified atom stereocenters. The molecule has 0 radical (unpaired) electrons. The molecule has 1 amide bonds. The van der Waals surface area contributed by atoms with E-state index < -0.39 is 10.8 Å². The van der Waals surface area contributed by atoms with Gasteiger partial charge < -0.3 is 10.4 Å². The first-order valence-corrected chi connectivity index (χ1v) is 6.47. The normalized spacial score (nSPS) is 10.7. The van der Waals surface area contributed by atoms with Crippen LogP contribution in [0, 0.1) is 21.4 Å². The zero-order valence-corrected chi connectivity index (χ0v) is 11.8. The lowest BCUT2D eigenvalue weighted by atomic mass is 10.1. The van der Waals surface area contributed by atoms with E-state index in [-0.39, 0.29) is 22.6 Å². The van der Waals surface area contributed by atoms with Crippen molar-refractivity contribution < 1.29 is 14.8 Å². The highest BCUT2D eigenvalue weighted by Gasteiger charge is 2.15. The number of benzene rings is 2. The number of nitriles is 1. The smallest absolute Gasteiger partial charge is 0.276 e. The third-order valence-electron chi connectivity index (χ3n) is 2.92. The fourth-order valence-corrected chi connectivity index (χ4v) is 1.82. The molecule has 0 bridgehead atoms. The molecule has 0 spiro atoms. The molecule has 0 fully saturated rings. The Bertz CT molecular complexity index is 820. The lowest BCUT2D eigenvalue weighted by molar-refractivity contribution is -0.385. The number of nitrogens with one attached hydrogen (secondary N) is 1. The van der Waals surface area contributed by atoms with E-state index >= 15 is 0 Å². The monoisotopic (exact) mass is 309 g/mol. The van der Waals surface area contributed by atoms with Gasteiger partial charge in [-0.25, -0.2) is 0 Å². The lowest BCUT2D eigenvalue weighted by Crippen LogP contribution is -2.13. The number of rotatable bonds is 4. The number of carbonyl (C=O) groups is 1. The first-order chi connectivity index (χ1) is 11.0. The zero-order valence-electron chi connectivity index (χ0n) is 11.8. The number of anilines is 1. The van der Waals surface area contributed by atoms with Crippen LogP contribution in [0.2, 0.25) is 0 Å². The van der Waals surface area contributed by atoms with Gasteiger partial charge in [-0.2, -0.15) is 5.26 Å². The molecule has 7 nitrogen and oxygen atoms in total. The highest BCUT2D eigenvalue weighted by atomic mass is 16.6. The fourth-order valence-electron chi connectivity index (χ4n) is 1.82. The van der Waals surface area contributed by atoms with Gasteiger partial charge in [-0.1, -0.05) is 12.1 Å². The van der Waals surface area contributed by atoms with E-state index in [0.29, 0.717) is 5.69 Å². The number of para-hydroxylation sites is 1. The van der Waals surface area contributed by atoms with Gasteiger partial charge in [0.15, 0.2) is 0 Å². The molecule has 0 saturated heterocycles. The Balaban J connectivity index is 2.29. The second-order valence-electron chi connectivity index (χ2n) is 4.49. The molecule has 0 aliphatic carbocycles. The minimum atomic E-state index is -0.698. The quantitative estimate of drug-likeness (QED) is 0.296. The van der Waals surface area contributed by atoms with E-state index in [4.69, 9.17) is 5.26 Å². The van der Waals surface area contributed by atoms with Crippen molar-refractivity contribution in [2.24, 2.45) is 0 Å². The highest BCUT2D eigenvalue weighted by Crippen LogP contribution is 2.21. The van der Waals surface area contributed by atoms with Gasteiger partial charge in [0.25, 0.3) is 11.6 Å². The van der Waals surface area contributed by atoms with Gasteiger partial charge in [0.05, 0.1) is 10.5 Å². The van der Waals surface area contributed by atoms with Gasteiger partial charge in [-0.15, -0.1) is 0 Å². The van der Waals surface area contributed by atoms with Crippen LogP contribution >= 0.6 is 0 Å². The fraction of sp³-hybridized carbons (Fsp3) is 0. The standard InChI is InChI=1S/C16H11N3O4/c17-10-12(9-11-3-1-2-4-15(11)19(22)23)16(21)18-13-5-7-14(20)8-6-13/h1-9,20H,(H,18,21)/b12-9+. The topological polar surface area (TPSA) is 116 Å². The van der Waals surface area contributed by atoms with Crippen LogP contribution in [0.25, 0.3) is 6.08 Å². The van der Waals surface area contributed by atoms with E-state index in [1.807, 2.05) is 0 Å². The van der Waals surface area contributed by atoms with Gasteiger partial charge in [0.1, 0.15) is 17.4 Å². The number of phenols is 1. The molecule has 0 aromatic heterocycles. The van der Waals surface area contributed by atoms with Crippen LogP contribution < -0.4 is 5.32 Å². The van der Waals surface area contributed by atoms with E-state index in [1.54, 1.807) is 12.1 Å². The predicted molar refractivity (Wildman–Crippen MR) is 83.4 cm³/mol. The number of aromatic hydroxyl groups is 1. The number of carbonyl (C=O) groups excluding carboxylic acids is 1. The summed E-state index contributed by atoms with van der Waals surface area (Å²) in [7, 11) is 0. The summed E-state index contributed by atoms with van der Waals surface area (Å²) in [6.45, 7) is 0. The molecule has 2 aromatic carbocycles. The van der Waals surface area contributed by atoms with Crippen molar-refractivity contribution in [2.75, 3.05) is 5.32 Å². The average molecular weight is 309 g/mol. The van der Waals surface area contributed by atoms with Crippen molar-refractivity contribution in [3.05, 3.63) is 69.8 Å². The van der Waals surface area contributed by atoms with E-state index in [2.05, 4.69) is 5.32 Å². The van der Waals surface area contributed by atoms with Crippen molar-refractivity contribution in [1.82, 2.24) is 0 Å². The Labute approximate surface area is 131 Å². The number of nitrogens with zero attached hydrogens (tertiary/aromatic N) is 2. The van der Waals surface area contributed by atoms with Crippen molar-refractivity contribution in [3.8, 4) is 11.8 Å². The molecule has 23 heavy (non-hydrogen) atoms. The summed E-state index contributed by atoms with van der Waals surface area (Å²) in [4.78, 5) is 22.4. The SMILES string of the molecule is N#C/C(=C\c1ccccc1[N+](=O)[O-])C(=O)Nc1ccc(O)cc1. The molecule has 0 aliphatic rings. The Morgan fingerprint density at radius 3 is 2.48 bits per heavy atom. The first-order valence-electron chi connectivity index (χ1n) is 6.47. The minimum Gasteiger partial charge on any atom is -0.508 e. The van der Waals surface area contributed by atoms with Gasteiger partial charge in [-0.05, 0) is 36.4 Å². The van der Waals surface area contributed by atoms with Crippen LogP contribution in [0.15, 0.2) is 54.1 Å². The second kappa shape index (κ2) is 6.87. The lowest BCUT2D eigenvalue weighted by Gasteiger charge is -2.04. The van der Waals surface area contributed by atoms with Crippen LogP contribution in [0.4, 0.5) is 11.4 Å². The maximum atomic E-state index is 12.1. The van der Waals surface area contributed by atoms with Gasteiger partial charge >= 0.3 is 0 Å². The summed E-state index contributed by atoms with van der Waals surface area (Å²) in [6, 6.07) is 13.2.